The SMILES string of the molecule is CCC(C)NC(=O)c1nnc(N2CCCCC2C)c2ccccc12. The molecule has 24 heavy (non-hydrogen) atoms. The third-order valence-corrected chi connectivity index (χ3v) is 4.95. The molecule has 1 amide bonds. The molecule has 0 radical (unpaired) electrons. The van der Waals surface area contributed by atoms with Gasteiger partial charge in [-0.3, -0.25) is 4.79 Å². The van der Waals surface area contributed by atoms with Crippen molar-refractivity contribution in [2.24, 2.45) is 0 Å². The van der Waals surface area contributed by atoms with Gasteiger partial charge >= 0.3 is 0 Å². The summed E-state index contributed by atoms with van der Waals surface area (Å²) >= 11 is 0. The lowest BCUT2D eigenvalue weighted by atomic mass is 10.0. The quantitative estimate of drug-likeness (QED) is 0.933. The van der Waals surface area contributed by atoms with Crippen molar-refractivity contribution in [3.05, 3.63) is 30.0 Å². The fraction of sp³-hybridized carbons (Fsp3) is 0.526. The van der Waals surface area contributed by atoms with Crippen molar-refractivity contribution < 1.29 is 4.79 Å². The number of nitrogens with zero attached hydrogens (tertiary/aromatic N) is 3. The van der Waals surface area contributed by atoms with Crippen molar-refractivity contribution in [2.45, 2.75) is 58.5 Å². The van der Waals surface area contributed by atoms with Gasteiger partial charge in [-0.2, -0.15) is 0 Å². The molecule has 2 unspecified atom stereocenters. The van der Waals surface area contributed by atoms with Crippen LogP contribution in [0.4, 0.5) is 5.82 Å². The van der Waals surface area contributed by atoms with Gasteiger partial charge < -0.3 is 10.2 Å². The second-order valence-electron chi connectivity index (χ2n) is 6.74. The Bertz CT molecular complexity index is 730. The molecular weight excluding hydrogens is 300 g/mol. The summed E-state index contributed by atoms with van der Waals surface area (Å²) in [6, 6.07) is 8.54. The molecule has 1 aromatic heterocycles. The Labute approximate surface area is 143 Å². The normalized spacial score (nSPS) is 19.3. The van der Waals surface area contributed by atoms with E-state index in [1.165, 1.54) is 19.3 Å². The number of nitrogens with one attached hydrogen (secondary N) is 1. The number of piperidine rings is 1. The predicted octanol–water partition coefficient (Wildman–Crippen LogP) is 3.54. The van der Waals surface area contributed by atoms with E-state index >= 15 is 0 Å². The van der Waals surface area contributed by atoms with Crippen LogP contribution in [0.25, 0.3) is 10.8 Å². The molecule has 1 aliphatic rings. The van der Waals surface area contributed by atoms with Crippen LogP contribution in [0, 0.1) is 0 Å². The number of benzene rings is 1. The van der Waals surface area contributed by atoms with Crippen molar-refractivity contribution in [2.75, 3.05) is 11.4 Å². The molecule has 1 aliphatic heterocycles. The Kier molecular flexibility index (Phi) is 4.97. The minimum atomic E-state index is -0.147. The van der Waals surface area contributed by atoms with Crippen molar-refractivity contribution in [3.8, 4) is 0 Å². The zero-order chi connectivity index (χ0) is 17.1. The second kappa shape index (κ2) is 7.16. The highest BCUT2D eigenvalue weighted by Gasteiger charge is 2.24. The molecule has 0 aliphatic carbocycles. The molecule has 1 saturated heterocycles. The molecule has 5 heteroatoms. The zero-order valence-electron chi connectivity index (χ0n) is 14.7. The van der Waals surface area contributed by atoms with E-state index in [2.05, 4.69) is 34.3 Å². The Balaban J connectivity index is 2.03. The molecule has 0 spiro atoms. The first-order valence-electron chi connectivity index (χ1n) is 8.94. The Morgan fingerprint density at radius 2 is 2.04 bits per heavy atom. The highest BCUT2D eigenvalue weighted by Crippen LogP contribution is 2.30. The van der Waals surface area contributed by atoms with Gasteiger partial charge in [0, 0.05) is 29.4 Å². The Hall–Kier alpha value is -2.17. The summed E-state index contributed by atoms with van der Waals surface area (Å²) in [6.07, 6.45) is 4.50. The lowest BCUT2D eigenvalue weighted by Crippen LogP contribution is -2.38. The molecule has 0 bridgehead atoms. The molecule has 2 aromatic rings. The smallest absolute Gasteiger partial charge is 0.272 e. The van der Waals surface area contributed by atoms with Gasteiger partial charge in [0.25, 0.3) is 5.91 Å². The maximum absolute atomic E-state index is 12.6. The number of carbonyl (C=O) groups excluding carboxylic acids is 1. The summed E-state index contributed by atoms with van der Waals surface area (Å²) in [6.45, 7) is 7.28. The first-order chi connectivity index (χ1) is 11.6. The molecule has 3 rings (SSSR count). The van der Waals surface area contributed by atoms with Gasteiger partial charge in [0.1, 0.15) is 0 Å². The number of rotatable bonds is 4. The van der Waals surface area contributed by atoms with Gasteiger partial charge in [-0.15, -0.1) is 10.2 Å². The van der Waals surface area contributed by atoms with E-state index in [1.54, 1.807) is 0 Å². The third-order valence-electron chi connectivity index (χ3n) is 4.95. The van der Waals surface area contributed by atoms with Crippen LogP contribution in [0.2, 0.25) is 0 Å². The van der Waals surface area contributed by atoms with Gasteiger partial charge in [0.05, 0.1) is 0 Å². The molecule has 1 aromatic carbocycles. The van der Waals surface area contributed by atoms with Crippen LogP contribution >= 0.6 is 0 Å². The fourth-order valence-corrected chi connectivity index (χ4v) is 3.28. The standard InChI is InChI=1S/C19H26N4O/c1-4-13(2)20-19(24)17-15-10-5-6-11-16(15)18(22-21-17)23-12-8-7-9-14(23)3/h5-6,10-11,13-14H,4,7-9,12H2,1-3H3,(H,20,24). The first-order valence-corrected chi connectivity index (χ1v) is 8.94. The van der Waals surface area contributed by atoms with E-state index in [0.717, 1.165) is 29.6 Å². The molecule has 1 N–H and O–H groups in total. The molecule has 128 valence electrons. The minimum absolute atomic E-state index is 0.125. The van der Waals surface area contributed by atoms with Gasteiger partial charge in [-0.25, -0.2) is 0 Å². The molecule has 0 saturated carbocycles. The van der Waals surface area contributed by atoms with Crippen molar-refractivity contribution in [3.63, 3.8) is 0 Å². The number of aromatic nitrogens is 2. The number of amides is 1. The van der Waals surface area contributed by atoms with Gasteiger partial charge in [-0.1, -0.05) is 31.2 Å². The van der Waals surface area contributed by atoms with Crippen LogP contribution in [0.15, 0.2) is 24.3 Å². The van der Waals surface area contributed by atoms with Crippen LogP contribution < -0.4 is 10.2 Å². The van der Waals surface area contributed by atoms with Crippen LogP contribution in [-0.2, 0) is 0 Å². The summed E-state index contributed by atoms with van der Waals surface area (Å²) in [5, 5.41) is 13.6. The summed E-state index contributed by atoms with van der Waals surface area (Å²) in [7, 11) is 0. The average Bonchev–Trinajstić information content (AvgIpc) is 2.61. The van der Waals surface area contributed by atoms with Crippen molar-refractivity contribution in [1.29, 1.82) is 0 Å². The average molecular weight is 326 g/mol. The van der Waals surface area contributed by atoms with E-state index in [-0.39, 0.29) is 11.9 Å². The van der Waals surface area contributed by atoms with Crippen molar-refractivity contribution in [1.82, 2.24) is 15.5 Å². The highest BCUT2D eigenvalue weighted by atomic mass is 16.2. The summed E-state index contributed by atoms with van der Waals surface area (Å²) in [5.74, 6) is 0.754. The maximum Gasteiger partial charge on any atom is 0.272 e. The predicted molar refractivity (Wildman–Crippen MR) is 97.4 cm³/mol. The van der Waals surface area contributed by atoms with Crippen LogP contribution in [0.1, 0.15) is 56.9 Å². The fourth-order valence-electron chi connectivity index (χ4n) is 3.28. The van der Waals surface area contributed by atoms with E-state index in [1.807, 2.05) is 31.2 Å². The first kappa shape index (κ1) is 16.7. The molecule has 2 atom stereocenters. The Morgan fingerprint density at radius 3 is 2.75 bits per heavy atom. The number of fused-ring (bicyclic) bond motifs is 1. The van der Waals surface area contributed by atoms with Crippen molar-refractivity contribution >= 4 is 22.5 Å². The third kappa shape index (κ3) is 3.21. The number of hydrogen-bond donors (Lipinski definition) is 1. The monoisotopic (exact) mass is 326 g/mol. The number of carbonyl (C=O) groups is 1. The summed E-state index contributed by atoms with van der Waals surface area (Å²) in [5.41, 5.74) is 0.416. The summed E-state index contributed by atoms with van der Waals surface area (Å²) in [4.78, 5) is 14.9. The van der Waals surface area contributed by atoms with E-state index in [4.69, 9.17) is 0 Å². The van der Waals surface area contributed by atoms with Crippen LogP contribution in [0.5, 0.6) is 0 Å². The second-order valence-corrected chi connectivity index (χ2v) is 6.74. The number of anilines is 1. The van der Waals surface area contributed by atoms with Gasteiger partial charge in [0.2, 0.25) is 0 Å². The lowest BCUT2D eigenvalue weighted by molar-refractivity contribution is 0.0935. The minimum Gasteiger partial charge on any atom is -0.352 e. The van der Waals surface area contributed by atoms with Gasteiger partial charge in [-0.05, 0) is 39.5 Å². The van der Waals surface area contributed by atoms with Crippen LogP contribution in [-0.4, -0.2) is 34.7 Å². The highest BCUT2D eigenvalue weighted by molar-refractivity contribution is 6.07. The van der Waals surface area contributed by atoms with Gasteiger partial charge in [0.15, 0.2) is 11.5 Å². The molecular formula is C19H26N4O. The largest absolute Gasteiger partial charge is 0.352 e. The zero-order valence-corrected chi connectivity index (χ0v) is 14.7. The lowest BCUT2D eigenvalue weighted by Gasteiger charge is -2.34. The Morgan fingerprint density at radius 1 is 1.29 bits per heavy atom. The van der Waals surface area contributed by atoms with Crippen LogP contribution in [0.3, 0.4) is 0 Å². The van der Waals surface area contributed by atoms with E-state index < -0.39 is 0 Å². The van der Waals surface area contributed by atoms with E-state index in [9.17, 15) is 4.79 Å². The summed E-state index contributed by atoms with van der Waals surface area (Å²) < 4.78 is 0. The number of hydrogen-bond acceptors (Lipinski definition) is 4. The molecule has 1 fully saturated rings. The maximum atomic E-state index is 12.6. The topological polar surface area (TPSA) is 58.1 Å². The van der Waals surface area contributed by atoms with E-state index in [0.29, 0.717) is 11.7 Å². The molecule has 5 nitrogen and oxygen atoms in total. The molecule has 2 heterocycles.